The van der Waals surface area contributed by atoms with Crippen molar-refractivity contribution in [3.05, 3.63) is 75.1 Å². The van der Waals surface area contributed by atoms with Crippen molar-refractivity contribution < 1.29 is 22.8 Å². The minimum absolute atomic E-state index is 0.0175. The number of nitro benzene ring substituents is 1. The highest BCUT2D eigenvalue weighted by Gasteiger charge is 2.31. The van der Waals surface area contributed by atoms with E-state index >= 15 is 0 Å². The lowest BCUT2D eigenvalue weighted by Crippen LogP contribution is -2.04. The van der Waals surface area contributed by atoms with Gasteiger partial charge in [-0.2, -0.15) is 13.2 Å². The minimum Gasteiger partial charge on any atom is -0.456 e. The second-order valence-corrected chi connectivity index (χ2v) is 7.15. The van der Waals surface area contributed by atoms with Crippen LogP contribution in [-0.4, -0.2) is 16.5 Å². The fourth-order valence-corrected chi connectivity index (χ4v) is 3.41. The molecule has 0 unspecified atom stereocenters. The van der Waals surface area contributed by atoms with E-state index in [2.05, 4.69) is 16.9 Å². The van der Waals surface area contributed by atoms with Crippen molar-refractivity contribution in [1.29, 1.82) is 0 Å². The number of alkyl halides is 3. The Morgan fingerprint density at radius 1 is 1.30 bits per heavy atom. The van der Waals surface area contributed by atoms with E-state index in [9.17, 15) is 23.3 Å². The van der Waals surface area contributed by atoms with Crippen LogP contribution < -0.4 is 10.1 Å². The monoisotopic (exact) mass is 455 g/mol. The number of nitro groups is 1. The van der Waals surface area contributed by atoms with Gasteiger partial charge in [-0.25, -0.2) is 4.98 Å². The average molecular weight is 456 g/mol. The van der Waals surface area contributed by atoms with Gasteiger partial charge in [0.2, 0.25) is 0 Å². The van der Waals surface area contributed by atoms with Gasteiger partial charge >= 0.3 is 6.18 Å². The molecule has 2 aromatic carbocycles. The lowest BCUT2D eigenvalue weighted by atomic mass is 10.1. The Hall–Kier alpha value is -3.11. The predicted octanol–water partition coefficient (Wildman–Crippen LogP) is 6.78. The summed E-state index contributed by atoms with van der Waals surface area (Å²) in [6.45, 7) is 4.07. The van der Waals surface area contributed by atoms with E-state index in [0.717, 1.165) is 18.2 Å². The number of benzene rings is 2. The van der Waals surface area contributed by atoms with Gasteiger partial charge in [0.1, 0.15) is 11.5 Å². The Morgan fingerprint density at radius 3 is 2.70 bits per heavy atom. The highest BCUT2D eigenvalue weighted by atomic mass is 35.5. The number of aromatic nitrogens is 1. The van der Waals surface area contributed by atoms with Gasteiger partial charge < -0.3 is 10.1 Å². The normalized spacial score (nSPS) is 11.2. The van der Waals surface area contributed by atoms with Crippen LogP contribution in [0.2, 0.25) is 5.02 Å². The summed E-state index contributed by atoms with van der Waals surface area (Å²) in [5.74, 6) is 0.141. The van der Waals surface area contributed by atoms with Crippen LogP contribution in [-0.2, 0) is 6.18 Å². The highest BCUT2D eigenvalue weighted by Crippen LogP contribution is 2.39. The van der Waals surface area contributed by atoms with Crippen LogP contribution >= 0.6 is 22.9 Å². The summed E-state index contributed by atoms with van der Waals surface area (Å²) in [5.41, 5.74) is -0.557. The van der Waals surface area contributed by atoms with Crippen LogP contribution in [0.25, 0.3) is 11.3 Å². The SMILES string of the molecule is C=CCNc1nc(-c2cc(Oc3ccc(C(F)(F)F)cc3Cl)ccc2[N+](=O)[O-])cs1. The Labute approximate surface area is 177 Å². The van der Waals surface area contributed by atoms with Crippen molar-refractivity contribution in [3.8, 4) is 22.8 Å². The zero-order valence-electron chi connectivity index (χ0n) is 15.1. The maximum atomic E-state index is 12.8. The van der Waals surface area contributed by atoms with Gasteiger partial charge in [0, 0.05) is 18.0 Å². The minimum atomic E-state index is -4.54. The summed E-state index contributed by atoms with van der Waals surface area (Å²) in [6, 6.07) is 6.63. The number of hydrogen-bond acceptors (Lipinski definition) is 6. The number of nitrogens with zero attached hydrogens (tertiary/aromatic N) is 2. The Balaban J connectivity index is 1.94. The Morgan fingerprint density at radius 2 is 2.07 bits per heavy atom. The van der Waals surface area contributed by atoms with Crippen LogP contribution in [0.4, 0.5) is 24.0 Å². The van der Waals surface area contributed by atoms with Gasteiger partial charge in [-0.1, -0.05) is 17.7 Å². The van der Waals surface area contributed by atoms with Crippen molar-refractivity contribution in [2.24, 2.45) is 0 Å². The van der Waals surface area contributed by atoms with Crippen LogP contribution in [0.5, 0.6) is 11.5 Å². The average Bonchev–Trinajstić information content (AvgIpc) is 3.15. The maximum Gasteiger partial charge on any atom is 0.416 e. The molecule has 6 nitrogen and oxygen atoms in total. The summed E-state index contributed by atoms with van der Waals surface area (Å²) in [4.78, 5) is 15.2. The third-order valence-corrected chi connectivity index (χ3v) is 4.92. The molecule has 30 heavy (non-hydrogen) atoms. The fourth-order valence-electron chi connectivity index (χ4n) is 2.47. The molecule has 0 radical (unpaired) electrons. The Bertz CT molecular complexity index is 1100. The summed E-state index contributed by atoms with van der Waals surface area (Å²) < 4.78 is 43.9. The van der Waals surface area contributed by atoms with E-state index in [1.807, 2.05) is 0 Å². The second-order valence-electron chi connectivity index (χ2n) is 5.89. The van der Waals surface area contributed by atoms with Gasteiger partial charge in [-0.15, -0.1) is 17.9 Å². The predicted molar refractivity (Wildman–Crippen MR) is 109 cm³/mol. The van der Waals surface area contributed by atoms with Gasteiger partial charge in [-0.3, -0.25) is 10.1 Å². The van der Waals surface area contributed by atoms with Gasteiger partial charge in [0.15, 0.2) is 5.13 Å². The molecule has 1 heterocycles. The second kappa shape index (κ2) is 8.72. The lowest BCUT2D eigenvalue weighted by Gasteiger charge is -2.12. The smallest absolute Gasteiger partial charge is 0.416 e. The number of thiazole rings is 1. The molecule has 0 bridgehead atoms. The highest BCUT2D eigenvalue weighted by molar-refractivity contribution is 7.14. The molecule has 3 rings (SSSR count). The molecule has 0 atom stereocenters. The number of nitrogens with one attached hydrogen (secondary N) is 1. The van der Waals surface area contributed by atoms with Crippen LogP contribution in [0, 0.1) is 10.1 Å². The van der Waals surface area contributed by atoms with Crippen LogP contribution in [0.15, 0.2) is 54.4 Å². The van der Waals surface area contributed by atoms with E-state index < -0.39 is 16.7 Å². The van der Waals surface area contributed by atoms with E-state index in [4.69, 9.17) is 16.3 Å². The summed E-state index contributed by atoms with van der Waals surface area (Å²) in [5, 5.41) is 16.4. The quantitative estimate of drug-likeness (QED) is 0.241. The third kappa shape index (κ3) is 4.89. The van der Waals surface area contributed by atoms with Crippen molar-refractivity contribution >= 4 is 33.8 Å². The topological polar surface area (TPSA) is 77.3 Å². The van der Waals surface area contributed by atoms with E-state index in [1.165, 1.54) is 29.5 Å². The molecule has 0 aliphatic carbocycles. The molecule has 156 valence electrons. The first-order valence-corrected chi connectivity index (χ1v) is 9.58. The molecule has 0 saturated heterocycles. The molecule has 0 amide bonds. The standard InChI is InChI=1S/C19H13ClF3N3O3S/c1-2-7-24-18-25-15(10-30-18)13-9-12(4-5-16(13)26(27)28)29-17-6-3-11(8-14(17)20)19(21,22)23/h2-6,8-10H,1,7H2,(H,24,25). The molecule has 0 saturated carbocycles. The first-order chi connectivity index (χ1) is 14.2. The molecule has 0 aliphatic heterocycles. The summed E-state index contributed by atoms with van der Waals surface area (Å²) >= 11 is 7.18. The molecular formula is C19H13ClF3N3O3S. The Kier molecular flexibility index (Phi) is 6.28. The van der Waals surface area contributed by atoms with E-state index in [-0.39, 0.29) is 27.8 Å². The number of ether oxygens (including phenoxy) is 1. The van der Waals surface area contributed by atoms with Crippen LogP contribution in [0.1, 0.15) is 5.56 Å². The first kappa shape index (κ1) is 21.6. The summed E-state index contributed by atoms with van der Waals surface area (Å²) in [7, 11) is 0. The zero-order chi connectivity index (χ0) is 21.9. The molecule has 1 aromatic heterocycles. The number of halogens is 4. The van der Waals surface area contributed by atoms with E-state index in [1.54, 1.807) is 11.5 Å². The van der Waals surface area contributed by atoms with Gasteiger partial charge in [0.05, 0.1) is 26.8 Å². The molecule has 3 aromatic rings. The van der Waals surface area contributed by atoms with Gasteiger partial charge in [-0.05, 0) is 30.3 Å². The summed E-state index contributed by atoms with van der Waals surface area (Å²) in [6.07, 6.45) is -2.89. The first-order valence-electron chi connectivity index (χ1n) is 8.32. The molecule has 0 fully saturated rings. The largest absolute Gasteiger partial charge is 0.456 e. The molecule has 0 spiro atoms. The van der Waals surface area contributed by atoms with E-state index in [0.29, 0.717) is 17.4 Å². The number of anilines is 1. The van der Waals surface area contributed by atoms with Crippen molar-refractivity contribution in [2.45, 2.75) is 6.18 Å². The number of rotatable bonds is 7. The maximum absolute atomic E-state index is 12.8. The molecule has 11 heteroatoms. The molecule has 1 N–H and O–H groups in total. The van der Waals surface area contributed by atoms with Crippen molar-refractivity contribution in [2.75, 3.05) is 11.9 Å². The third-order valence-electron chi connectivity index (χ3n) is 3.83. The fraction of sp³-hybridized carbons (Fsp3) is 0.105. The molecular weight excluding hydrogens is 443 g/mol. The van der Waals surface area contributed by atoms with Crippen LogP contribution in [0.3, 0.4) is 0 Å². The van der Waals surface area contributed by atoms with Crippen molar-refractivity contribution in [1.82, 2.24) is 4.98 Å². The number of hydrogen-bond donors (Lipinski definition) is 1. The lowest BCUT2D eigenvalue weighted by molar-refractivity contribution is -0.384. The van der Waals surface area contributed by atoms with Gasteiger partial charge in [0.25, 0.3) is 5.69 Å². The zero-order valence-corrected chi connectivity index (χ0v) is 16.6. The van der Waals surface area contributed by atoms with Crippen molar-refractivity contribution in [3.63, 3.8) is 0 Å². The molecule has 0 aliphatic rings.